The van der Waals surface area contributed by atoms with Crippen molar-refractivity contribution in [3.63, 3.8) is 0 Å². The van der Waals surface area contributed by atoms with E-state index in [1.165, 1.54) is 25.7 Å². The number of nitriles is 1. The van der Waals surface area contributed by atoms with E-state index in [0.29, 0.717) is 5.56 Å². The van der Waals surface area contributed by atoms with Crippen LogP contribution in [0.25, 0.3) is 0 Å². The van der Waals surface area contributed by atoms with Crippen LogP contribution in [0.5, 0.6) is 0 Å². The molecule has 1 saturated heterocycles. The first kappa shape index (κ1) is 14.4. The maximum absolute atomic E-state index is 9.32. The van der Waals surface area contributed by atoms with Crippen molar-refractivity contribution in [2.75, 3.05) is 31.1 Å². The number of aliphatic hydroxyl groups excluding tert-OH is 1. The van der Waals surface area contributed by atoms with Gasteiger partial charge in [-0.15, -0.1) is 0 Å². The smallest absolute Gasteiger partial charge is 0.101 e. The predicted octanol–water partition coefficient (Wildman–Crippen LogP) is 2.12. The van der Waals surface area contributed by atoms with Crippen LogP contribution in [0, 0.1) is 11.3 Å². The van der Waals surface area contributed by atoms with Crippen LogP contribution in [0.2, 0.25) is 0 Å². The molecule has 0 unspecified atom stereocenters. The molecule has 1 aliphatic carbocycles. The van der Waals surface area contributed by atoms with Crippen molar-refractivity contribution < 1.29 is 5.11 Å². The first-order chi connectivity index (χ1) is 10.3. The first-order valence-electron chi connectivity index (χ1n) is 7.94. The summed E-state index contributed by atoms with van der Waals surface area (Å²) in [6.45, 7) is 4.16. The monoisotopic (exact) mass is 285 g/mol. The summed E-state index contributed by atoms with van der Waals surface area (Å²) in [4.78, 5) is 4.93. The van der Waals surface area contributed by atoms with E-state index in [2.05, 4.69) is 15.9 Å². The lowest BCUT2D eigenvalue weighted by molar-refractivity contribution is 0.187. The molecule has 0 amide bonds. The number of piperazine rings is 1. The summed E-state index contributed by atoms with van der Waals surface area (Å²) in [5.41, 5.74) is 2.50. The quantitative estimate of drug-likeness (QED) is 0.924. The summed E-state index contributed by atoms with van der Waals surface area (Å²) in [5, 5.41) is 18.5. The Morgan fingerprint density at radius 3 is 2.48 bits per heavy atom. The van der Waals surface area contributed by atoms with Crippen molar-refractivity contribution in [2.45, 2.75) is 38.3 Å². The maximum Gasteiger partial charge on any atom is 0.101 e. The van der Waals surface area contributed by atoms with Crippen LogP contribution in [0.3, 0.4) is 0 Å². The number of hydrogen-bond donors (Lipinski definition) is 1. The molecule has 3 rings (SSSR count). The lowest BCUT2D eigenvalue weighted by Crippen LogP contribution is -2.49. The molecule has 1 saturated carbocycles. The Morgan fingerprint density at radius 2 is 1.86 bits per heavy atom. The Labute approximate surface area is 126 Å². The summed E-state index contributed by atoms with van der Waals surface area (Å²) < 4.78 is 0. The molecule has 1 aromatic rings. The van der Waals surface area contributed by atoms with E-state index in [1.807, 2.05) is 12.1 Å². The van der Waals surface area contributed by atoms with E-state index in [-0.39, 0.29) is 6.61 Å². The third kappa shape index (κ3) is 3.04. The van der Waals surface area contributed by atoms with Gasteiger partial charge in [0, 0.05) is 32.2 Å². The molecule has 1 heterocycles. The molecule has 4 heteroatoms. The van der Waals surface area contributed by atoms with Crippen LogP contribution >= 0.6 is 0 Å². The van der Waals surface area contributed by atoms with Gasteiger partial charge in [0.25, 0.3) is 0 Å². The molecule has 0 spiro atoms. The predicted molar refractivity (Wildman–Crippen MR) is 83.1 cm³/mol. The summed E-state index contributed by atoms with van der Waals surface area (Å²) in [6.07, 6.45) is 5.47. The highest BCUT2D eigenvalue weighted by molar-refractivity contribution is 5.60. The SMILES string of the molecule is N#Cc1cc(CO)ccc1N1CCN(C2CCCC2)CC1. The number of rotatable bonds is 3. The largest absolute Gasteiger partial charge is 0.392 e. The third-order valence-corrected chi connectivity index (χ3v) is 4.86. The fraction of sp³-hybridized carbons (Fsp3) is 0.588. The highest BCUT2D eigenvalue weighted by Crippen LogP contribution is 2.27. The van der Waals surface area contributed by atoms with Gasteiger partial charge in [-0.25, -0.2) is 0 Å². The third-order valence-electron chi connectivity index (χ3n) is 4.86. The van der Waals surface area contributed by atoms with E-state index in [0.717, 1.165) is 43.5 Å². The normalized spacial score (nSPS) is 20.7. The Kier molecular flexibility index (Phi) is 4.42. The average molecular weight is 285 g/mol. The van der Waals surface area contributed by atoms with Crippen molar-refractivity contribution in [1.82, 2.24) is 4.90 Å². The molecule has 0 atom stereocenters. The first-order valence-corrected chi connectivity index (χ1v) is 7.94. The average Bonchev–Trinajstić information content (AvgIpc) is 3.09. The molecule has 21 heavy (non-hydrogen) atoms. The maximum atomic E-state index is 9.32. The fourth-order valence-corrected chi connectivity index (χ4v) is 3.64. The molecule has 4 nitrogen and oxygen atoms in total. The van der Waals surface area contributed by atoms with E-state index >= 15 is 0 Å². The second-order valence-corrected chi connectivity index (χ2v) is 6.08. The zero-order valence-corrected chi connectivity index (χ0v) is 12.5. The van der Waals surface area contributed by atoms with Crippen molar-refractivity contribution in [1.29, 1.82) is 5.26 Å². The zero-order valence-electron chi connectivity index (χ0n) is 12.5. The summed E-state index contributed by atoms with van der Waals surface area (Å²) in [7, 11) is 0. The van der Waals surface area contributed by atoms with Crippen LogP contribution < -0.4 is 4.90 Å². The molecule has 2 fully saturated rings. The van der Waals surface area contributed by atoms with Crippen LogP contribution in [0.4, 0.5) is 5.69 Å². The van der Waals surface area contributed by atoms with Gasteiger partial charge in [0.2, 0.25) is 0 Å². The van der Waals surface area contributed by atoms with E-state index in [4.69, 9.17) is 0 Å². The minimum absolute atomic E-state index is 0.00951. The van der Waals surface area contributed by atoms with E-state index < -0.39 is 0 Å². The summed E-state index contributed by atoms with van der Waals surface area (Å²) >= 11 is 0. The molecule has 1 aliphatic heterocycles. The molecular weight excluding hydrogens is 262 g/mol. The lowest BCUT2D eigenvalue weighted by Gasteiger charge is -2.39. The van der Waals surface area contributed by atoms with Crippen LogP contribution in [-0.4, -0.2) is 42.2 Å². The second-order valence-electron chi connectivity index (χ2n) is 6.08. The molecule has 0 bridgehead atoms. The van der Waals surface area contributed by atoms with Crippen LogP contribution in [0.1, 0.15) is 36.8 Å². The molecule has 1 N–H and O–H groups in total. The number of hydrogen-bond acceptors (Lipinski definition) is 4. The van der Waals surface area contributed by atoms with Gasteiger partial charge < -0.3 is 10.0 Å². The van der Waals surface area contributed by atoms with Crippen molar-refractivity contribution in [3.05, 3.63) is 29.3 Å². The molecule has 112 valence electrons. The molecular formula is C17H23N3O. The van der Waals surface area contributed by atoms with Crippen molar-refractivity contribution in [2.24, 2.45) is 0 Å². The molecule has 2 aliphatic rings. The Bertz CT molecular complexity index is 523. The molecule has 1 aromatic carbocycles. The Morgan fingerprint density at radius 1 is 1.14 bits per heavy atom. The Hall–Kier alpha value is -1.57. The van der Waals surface area contributed by atoms with Gasteiger partial charge in [-0.1, -0.05) is 18.9 Å². The topological polar surface area (TPSA) is 50.5 Å². The zero-order chi connectivity index (χ0) is 14.7. The highest BCUT2D eigenvalue weighted by Gasteiger charge is 2.26. The summed E-state index contributed by atoms with van der Waals surface area (Å²) in [6, 6.07) is 8.76. The Balaban J connectivity index is 1.67. The highest BCUT2D eigenvalue weighted by atomic mass is 16.3. The van der Waals surface area contributed by atoms with Crippen molar-refractivity contribution in [3.8, 4) is 6.07 Å². The second kappa shape index (κ2) is 6.46. The van der Waals surface area contributed by atoms with Gasteiger partial charge in [0.15, 0.2) is 0 Å². The van der Waals surface area contributed by atoms with Gasteiger partial charge >= 0.3 is 0 Å². The number of anilines is 1. The fourth-order valence-electron chi connectivity index (χ4n) is 3.64. The minimum atomic E-state index is -0.00951. The van der Waals surface area contributed by atoms with Crippen molar-refractivity contribution >= 4 is 5.69 Å². The number of aliphatic hydroxyl groups is 1. The minimum Gasteiger partial charge on any atom is -0.392 e. The number of benzene rings is 1. The molecule has 0 radical (unpaired) electrons. The van der Waals surface area contributed by atoms with Gasteiger partial charge in [0.1, 0.15) is 6.07 Å². The van der Waals surface area contributed by atoms with Gasteiger partial charge in [-0.2, -0.15) is 5.26 Å². The van der Waals surface area contributed by atoms with Crippen LogP contribution in [-0.2, 0) is 6.61 Å². The van der Waals surface area contributed by atoms with Gasteiger partial charge in [0.05, 0.1) is 17.9 Å². The van der Waals surface area contributed by atoms with Crippen LogP contribution in [0.15, 0.2) is 18.2 Å². The lowest BCUT2D eigenvalue weighted by atomic mass is 10.1. The summed E-state index contributed by atoms with van der Waals surface area (Å²) in [5.74, 6) is 0. The van der Waals surface area contributed by atoms with E-state index in [1.54, 1.807) is 6.07 Å². The number of nitrogens with zero attached hydrogens (tertiary/aromatic N) is 3. The molecule has 0 aromatic heterocycles. The van der Waals surface area contributed by atoms with Gasteiger partial charge in [-0.05, 0) is 30.5 Å². The van der Waals surface area contributed by atoms with E-state index in [9.17, 15) is 10.4 Å². The van der Waals surface area contributed by atoms with Gasteiger partial charge in [-0.3, -0.25) is 4.90 Å². The standard InChI is InChI=1S/C17H23N3O/c18-12-15-11-14(13-21)5-6-17(15)20-9-7-19(8-10-20)16-3-1-2-4-16/h5-6,11,16,21H,1-4,7-10,13H2.